The van der Waals surface area contributed by atoms with Crippen molar-refractivity contribution in [3.63, 3.8) is 0 Å². The standard InChI is InChI=1S/C36H30N3S/c1-23-19-20-29-34(40-35(37-29)32-24(2)21-27(22-25(32)3)26-13-7-5-8-14-26)33(23)36-38(4)30-17-11-12-18-31(30)39(36)28-15-9-6-10-16-28/h5-22H,1-4H3/q+1. The third kappa shape index (κ3) is 3.87. The average molecular weight is 537 g/mol. The quantitative estimate of drug-likeness (QED) is 0.206. The van der Waals surface area contributed by atoms with Gasteiger partial charge in [0.1, 0.15) is 10.7 Å². The third-order valence-electron chi connectivity index (χ3n) is 7.87. The lowest BCUT2D eigenvalue weighted by Gasteiger charge is -2.11. The fourth-order valence-corrected chi connectivity index (χ4v) is 7.34. The van der Waals surface area contributed by atoms with Gasteiger partial charge in [-0.3, -0.25) is 0 Å². The molecule has 0 radical (unpaired) electrons. The van der Waals surface area contributed by atoms with Crippen LogP contribution in [0.25, 0.3) is 60.0 Å². The summed E-state index contributed by atoms with van der Waals surface area (Å²) in [5.74, 6) is 1.17. The maximum Gasteiger partial charge on any atom is 0.296 e. The molecule has 2 heterocycles. The fourth-order valence-electron chi connectivity index (χ4n) is 6.01. The first-order valence-corrected chi connectivity index (χ1v) is 14.5. The third-order valence-corrected chi connectivity index (χ3v) is 8.98. The molecule has 0 aliphatic carbocycles. The summed E-state index contributed by atoms with van der Waals surface area (Å²) < 4.78 is 5.94. The highest BCUT2D eigenvalue weighted by Crippen LogP contribution is 2.42. The van der Waals surface area contributed by atoms with E-state index in [9.17, 15) is 0 Å². The van der Waals surface area contributed by atoms with Gasteiger partial charge >= 0.3 is 0 Å². The molecule has 0 amide bonds. The van der Waals surface area contributed by atoms with Crippen LogP contribution < -0.4 is 4.57 Å². The molecular formula is C36H30N3S+. The molecule has 7 rings (SSSR count). The number of imidazole rings is 1. The van der Waals surface area contributed by atoms with Gasteiger partial charge < -0.3 is 0 Å². The highest BCUT2D eigenvalue weighted by molar-refractivity contribution is 7.22. The van der Waals surface area contributed by atoms with Gasteiger partial charge in [0, 0.05) is 5.56 Å². The Hall–Kier alpha value is -4.54. The zero-order chi connectivity index (χ0) is 27.4. The molecule has 40 heavy (non-hydrogen) atoms. The highest BCUT2D eigenvalue weighted by atomic mass is 32.1. The van der Waals surface area contributed by atoms with E-state index < -0.39 is 0 Å². The maximum atomic E-state index is 5.22. The van der Waals surface area contributed by atoms with E-state index in [-0.39, 0.29) is 0 Å². The molecular weight excluding hydrogens is 506 g/mol. The Labute approximate surface area is 238 Å². The van der Waals surface area contributed by atoms with Crippen molar-refractivity contribution < 1.29 is 4.57 Å². The zero-order valence-electron chi connectivity index (χ0n) is 23.1. The van der Waals surface area contributed by atoms with Crippen molar-refractivity contribution in [2.75, 3.05) is 0 Å². The molecule has 0 bridgehead atoms. The fraction of sp³-hybridized carbons (Fsp3) is 0.111. The Balaban J connectivity index is 1.47. The minimum absolute atomic E-state index is 1.04. The van der Waals surface area contributed by atoms with Crippen LogP contribution in [0.2, 0.25) is 0 Å². The molecule has 0 spiro atoms. The summed E-state index contributed by atoms with van der Waals surface area (Å²) in [7, 11) is 2.17. The largest absolute Gasteiger partial charge is 0.296 e. The van der Waals surface area contributed by atoms with Crippen LogP contribution in [0, 0.1) is 20.8 Å². The summed E-state index contributed by atoms with van der Waals surface area (Å²) in [5.41, 5.74) is 13.3. The molecule has 194 valence electrons. The first-order valence-electron chi connectivity index (χ1n) is 13.6. The van der Waals surface area contributed by atoms with Crippen molar-refractivity contribution >= 4 is 32.6 Å². The van der Waals surface area contributed by atoms with E-state index in [1.165, 1.54) is 60.5 Å². The smallest absolute Gasteiger partial charge is 0.236 e. The molecule has 0 saturated carbocycles. The number of hydrogen-bond donors (Lipinski definition) is 0. The van der Waals surface area contributed by atoms with Crippen LogP contribution in [0.4, 0.5) is 0 Å². The average Bonchev–Trinajstić information content (AvgIpc) is 3.52. The lowest BCUT2D eigenvalue weighted by Crippen LogP contribution is -2.30. The van der Waals surface area contributed by atoms with E-state index in [0.717, 1.165) is 16.2 Å². The van der Waals surface area contributed by atoms with E-state index in [0.29, 0.717) is 0 Å². The van der Waals surface area contributed by atoms with E-state index in [2.05, 4.69) is 146 Å². The molecule has 0 aliphatic heterocycles. The predicted molar refractivity (Wildman–Crippen MR) is 168 cm³/mol. The predicted octanol–water partition coefficient (Wildman–Crippen LogP) is 8.99. The van der Waals surface area contributed by atoms with Crippen LogP contribution in [-0.4, -0.2) is 9.55 Å². The van der Waals surface area contributed by atoms with E-state index in [4.69, 9.17) is 4.98 Å². The van der Waals surface area contributed by atoms with Crippen molar-refractivity contribution in [3.8, 4) is 38.8 Å². The van der Waals surface area contributed by atoms with Crippen molar-refractivity contribution in [1.82, 2.24) is 9.55 Å². The Morgan fingerprint density at radius 1 is 0.650 bits per heavy atom. The first-order chi connectivity index (χ1) is 19.5. The Bertz CT molecular complexity index is 2010. The summed E-state index contributed by atoms with van der Waals surface area (Å²) >= 11 is 1.80. The van der Waals surface area contributed by atoms with Gasteiger partial charge in [0.2, 0.25) is 0 Å². The summed E-state index contributed by atoms with van der Waals surface area (Å²) in [6.07, 6.45) is 0. The normalized spacial score (nSPS) is 11.5. The SMILES string of the molecule is Cc1cc(-c2ccccc2)cc(C)c1-c1nc2ccc(C)c(-c3n(-c4ccccc4)c4ccccc4[n+]3C)c2s1. The monoisotopic (exact) mass is 536 g/mol. The molecule has 0 unspecified atom stereocenters. The van der Waals surface area contributed by atoms with Crippen LogP contribution in [0.3, 0.4) is 0 Å². The first kappa shape index (κ1) is 24.5. The van der Waals surface area contributed by atoms with Gasteiger partial charge in [-0.1, -0.05) is 78.9 Å². The number of fused-ring (bicyclic) bond motifs is 2. The Morgan fingerprint density at radius 3 is 2.02 bits per heavy atom. The van der Waals surface area contributed by atoms with Crippen LogP contribution in [0.5, 0.6) is 0 Å². The lowest BCUT2D eigenvalue weighted by molar-refractivity contribution is -0.633. The molecule has 4 heteroatoms. The number of benzene rings is 5. The van der Waals surface area contributed by atoms with Crippen LogP contribution in [0.15, 0.2) is 109 Å². The van der Waals surface area contributed by atoms with Crippen molar-refractivity contribution in [3.05, 3.63) is 126 Å². The van der Waals surface area contributed by atoms with Crippen molar-refractivity contribution in [1.29, 1.82) is 0 Å². The number of thiazole rings is 1. The van der Waals surface area contributed by atoms with Crippen molar-refractivity contribution in [2.45, 2.75) is 20.8 Å². The number of rotatable bonds is 4. The van der Waals surface area contributed by atoms with E-state index in [1.807, 2.05) is 0 Å². The summed E-state index contributed by atoms with van der Waals surface area (Å²) in [6, 6.07) is 38.9. The summed E-state index contributed by atoms with van der Waals surface area (Å²) in [4.78, 5) is 5.22. The lowest BCUT2D eigenvalue weighted by atomic mass is 9.96. The van der Waals surface area contributed by atoms with Gasteiger partial charge in [-0.2, -0.15) is 4.57 Å². The second kappa shape index (κ2) is 9.58. The number of hydrogen-bond acceptors (Lipinski definition) is 2. The zero-order valence-corrected chi connectivity index (χ0v) is 24.0. The van der Waals surface area contributed by atoms with Gasteiger partial charge in [-0.15, -0.1) is 11.3 Å². The van der Waals surface area contributed by atoms with Gasteiger partial charge in [-0.05, 0) is 78.9 Å². The Kier molecular flexibility index (Phi) is 5.87. The maximum absolute atomic E-state index is 5.22. The van der Waals surface area contributed by atoms with Crippen LogP contribution >= 0.6 is 11.3 Å². The molecule has 0 N–H and O–H groups in total. The van der Waals surface area contributed by atoms with Crippen LogP contribution in [-0.2, 0) is 7.05 Å². The number of nitrogens with zero attached hydrogens (tertiary/aromatic N) is 3. The van der Waals surface area contributed by atoms with Crippen LogP contribution in [0.1, 0.15) is 16.7 Å². The number of aryl methyl sites for hydroxylation is 4. The highest BCUT2D eigenvalue weighted by Gasteiger charge is 2.29. The minimum Gasteiger partial charge on any atom is -0.236 e. The van der Waals surface area contributed by atoms with Gasteiger partial charge in [0.05, 0.1) is 22.8 Å². The van der Waals surface area contributed by atoms with E-state index >= 15 is 0 Å². The minimum atomic E-state index is 1.04. The molecule has 7 aromatic rings. The molecule has 0 saturated heterocycles. The van der Waals surface area contributed by atoms with Gasteiger partial charge in [-0.25, -0.2) is 9.55 Å². The topological polar surface area (TPSA) is 21.7 Å². The number of aromatic nitrogens is 3. The second-order valence-corrected chi connectivity index (χ2v) is 11.5. The molecule has 0 atom stereocenters. The van der Waals surface area contributed by atoms with Gasteiger partial charge in [0.25, 0.3) is 5.82 Å². The Morgan fingerprint density at radius 2 is 1.30 bits per heavy atom. The van der Waals surface area contributed by atoms with E-state index in [1.54, 1.807) is 11.3 Å². The summed E-state index contributed by atoms with van der Waals surface area (Å²) in [6.45, 7) is 6.63. The molecule has 0 fully saturated rings. The second-order valence-electron chi connectivity index (χ2n) is 10.5. The van der Waals surface area contributed by atoms with Crippen molar-refractivity contribution in [2.24, 2.45) is 7.05 Å². The molecule has 3 nitrogen and oxygen atoms in total. The molecule has 2 aromatic heterocycles. The number of para-hydroxylation sites is 3. The molecule has 5 aromatic carbocycles. The summed E-state index contributed by atoms with van der Waals surface area (Å²) in [5, 5.41) is 1.07. The van der Waals surface area contributed by atoms with Gasteiger partial charge in [0.15, 0.2) is 11.0 Å². The molecule has 0 aliphatic rings.